The van der Waals surface area contributed by atoms with Gasteiger partial charge in [-0.15, -0.1) is 0 Å². The number of imide groups is 1. The van der Waals surface area contributed by atoms with Gasteiger partial charge in [-0.2, -0.15) is 5.11 Å². The minimum atomic E-state index is -1.10. The molecule has 0 aliphatic carbocycles. The molecule has 0 aromatic heterocycles. The van der Waals surface area contributed by atoms with Crippen LogP contribution in [0.2, 0.25) is 5.02 Å². The van der Waals surface area contributed by atoms with Gasteiger partial charge < -0.3 is 14.8 Å². The first-order chi connectivity index (χ1) is 15.3. The molecular weight excluding hydrogens is 445 g/mol. The van der Waals surface area contributed by atoms with E-state index in [0.717, 1.165) is 16.0 Å². The number of carbonyl (C=O) groups is 3. The highest BCUT2D eigenvalue weighted by atomic mass is 35.5. The van der Waals surface area contributed by atoms with Crippen molar-refractivity contribution in [2.45, 2.75) is 12.1 Å². The van der Waals surface area contributed by atoms with Crippen molar-refractivity contribution < 1.29 is 28.2 Å². The fourth-order valence-electron chi connectivity index (χ4n) is 3.47. The molecule has 1 N–H and O–H groups in total. The molecule has 1 fully saturated rings. The van der Waals surface area contributed by atoms with E-state index in [4.69, 9.17) is 21.1 Å². The maximum absolute atomic E-state index is 13.5. The first-order valence-corrected chi connectivity index (χ1v) is 9.74. The molecule has 0 spiro atoms. The van der Waals surface area contributed by atoms with Gasteiger partial charge in [0.1, 0.15) is 23.9 Å². The molecule has 4 rings (SSSR count). The number of halogens is 2. The van der Waals surface area contributed by atoms with E-state index in [-0.39, 0.29) is 17.3 Å². The van der Waals surface area contributed by atoms with Crippen molar-refractivity contribution in [1.29, 1.82) is 0 Å². The number of benzene rings is 2. The lowest BCUT2D eigenvalue weighted by molar-refractivity contribution is -0.123. The van der Waals surface area contributed by atoms with E-state index in [9.17, 15) is 18.8 Å². The lowest BCUT2D eigenvalue weighted by atomic mass is 10.1. The maximum atomic E-state index is 13.5. The Balaban J connectivity index is 1.49. The van der Waals surface area contributed by atoms with Crippen LogP contribution in [0.15, 0.2) is 46.7 Å². The van der Waals surface area contributed by atoms with Gasteiger partial charge in [-0.1, -0.05) is 16.8 Å². The van der Waals surface area contributed by atoms with Crippen LogP contribution >= 0.6 is 11.6 Å². The maximum Gasteiger partial charge on any atom is 0.263 e. The number of methoxy groups -OCH3 is 2. The van der Waals surface area contributed by atoms with Crippen LogP contribution in [-0.2, 0) is 14.4 Å². The normalized spacial score (nSPS) is 19.4. The van der Waals surface area contributed by atoms with Crippen molar-refractivity contribution in [3.63, 3.8) is 0 Å². The molecule has 2 aliphatic heterocycles. The number of amides is 3. The predicted octanol–water partition coefficient (Wildman–Crippen LogP) is 2.43. The van der Waals surface area contributed by atoms with Gasteiger partial charge in [-0.3, -0.25) is 19.4 Å². The van der Waals surface area contributed by atoms with E-state index in [1.165, 1.54) is 26.4 Å². The van der Waals surface area contributed by atoms with E-state index in [0.29, 0.717) is 17.2 Å². The van der Waals surface area contributed by atoms with Crippen LogP contribution in [-0.4, -0.2) is 55.6 Å². The van der Waals surface area contributed by atoms with Crippen LogP contribution in [0, 0.1) is 5.82 Å². The number of nitrogens with one attached hydrogen (secondary N) is 1. The molecule has 166 valence electrons. The van der Waals surface area contributed by atoms with E-state index in [2.05, 4.69) is 15.7 Å². The number of hydrogen-bond acceptors (Lipinski definition) is 8. The second kappa shape index (κ2) is 8.42. The van der Waals surface area contributed by atoms with Gasteiger partial charge in [-0.05, 0) is 30.3 Å². The molecule has 0 saturated carbocycles. The number of fused-ring (bicyclic) bond motifs is 1. The Morgan fingerprint density at radius 2 is 1.94 bits per heavy atom. The molecule has 0 bridgehead atoms. The molecule has 10 nitrogen and oxygen atoms in total. The molecule has 3 amide bonds. The van der Waals surface area contributed by atoms with Gasteiger partial charge in [0.05, 0.1) is 30.6 Å². The van der Waals surface area contributed by atoms with E-state index < -0.39 is 35.6 Å². The summed E-state index contributed by atoms with van der Waals surface area (Å²) in [6.07, 6.45) is 0. The van der Waals surface area contributed by atoms with Gasteiger partial charge in [0.2, 0.25) is 5.91 Å². The summed E-state index contributed by atoms with van der Waals surface area (Å²) >= 11 is 5.78. The number of ether oxygens (including phenoxy) is 2. The highest BCUT2D eigenvalue weighted by Gasteiger charge is 2.55. The molecule has 32 heavy (non-hydrogen) atoms. The zero-order valence-electron chi connectivity index (χ0n) is 16.9. The lowest BCUT2D eigenvalue weighted by Gasteiger charge is -2.20. The Bertz CT molecular complexity index is 1140. The summed E-state index contributed by atoms with van der Waals surface area (Å²) in [7, 11) is 2.95. The summed E-state index contributed by atoms with van der Waals surface area (Å²) in [6, 6.07) is 6.17. The Morgan fingerprint density at radius 3 is 2.62 bits per heavy atom. The molecule has 0 unspecified atom stereocenters. The summed E-state index contributed by atoms with van der Waals surface area (Å²) in [5, 5.41) is 11.3. The molecule has 2 heterocycles. The molecule has 2 aliphatic rings. The minimum Gasteiger partial charge on any atom is -0.497 e. The average molecular weight is 462 g/mol. The van der Waals surface area contributed by atoms with Crippen molar-refractivity contribution in [1.82, 2.24) is 5.01 Å². The molecule has 2 aromatic rings. The standard InChI is InChI=1S/C20H17ClFN5O5/c1-31-11-4-6-14(15(8-11)32-2)23-16(28)9-26-18-17(24-25-26)19(29)27(20(18)30)10-3-5-13(22)12(21)7-10/h3-8,17-18H,9H2,1-2H3,(H,23,28)/t17-,18+/m1/s1. The van der Waals surface area contributed by atoms with Crippen molar-refractivity contribution in [2.75, 3.05) is 31.0 Å². The third-order valence-corrected chi connectivity index (χ3v) is 5.30. The lowest BCUT2D eigenvalue weighted by Crippen LogP contribution is -2.43. The van der Waals surface area contributed by atoms with E-state index in [1.54, 1.807) is 18.2 Å². The van der Waals surface area contributed by atoms with Gasteiger partial charge in [-0.25, -0.2) is 9.29 Å². The smallest absolute Gasteiger partial charge is 0.263 e. The number of rotatable bonds is 6. The van der Waals surface area contributed by atoms with E-state index in [1.807, 2.05) is 0 Å². The average Bonchev–Trinajstić information content (AvgIpc) is 3.29. The number of nitrogens with zero attached hydrogens (tertiary/aromatic N) is 4. The summed E-state index contributed by atoms with van der Waals surface area (Å²) in [6.45, 7) is -0.336. The van der Waals surface area contributed by atoms with Crippen LogP contribution in [0.5, 0.6) is 11.5 Å². The Hall–Kier alpha value is -3.73. The van der Waals surface area contributed by atoms with Crippen LogP contribution < -0.4 is 19.7 Å². The summed E-state index contributed by atoms with van der Waals surface area (Å²) in [5.41, 5.74) is 0.505. The van der Waals surface area contributed by atoms with Crippen molar-refractivity contribution in [3.8, 4) is 11.5 Å². The predicted molar refractivity (Wildman–Crippen MR) is 111 cm³/mol. The highest BCUT2D eigenvalue weighted by Crippen LogP contribution is 2.34. The largest absolute Gasteiger partial charge is 0.497 e. The zero-order valence-corrected chi connectivity index (χ0v) is 17.7. The van der Waals surface area contributed by atoms with Gasteiger partial charge in [0.25, 0.3) is 11.8 Å². The van der Waals surface area contributed by atoms with Crippen LogP contribution in [0.4, 0.5) is 15.8 Å². The van der Waals surface area contributed by atoms with Gasteiger partial charge in [0.15, 0.2) is 12.1 Å². The van der Waals surface area contributed by atoms with Crippen LogP contribution in [0.1, 0.15) is 0 Å². The highest BCUT2D eigenvalue weighted by molar-refractivity contribution is 6.32. The second-order valence-electron chi connectivity index (χ2n) is 6.92. The SMILES string of the molecule is COc1ccc(NC(=O)CN2N=N[C@H]3C(=O)N(c4ccc(F)c(Cl)c4)C(=O)[C@H]32)c(OC)c1. The monoisotopic (exact) mass is 461 g/mol. The van der Waals surface area contributed by atoms with Gasteiger partial charge in [0, 0.05) is 6.07 Å². The van der Waals surface area contributed by atoms with Crippen LogP contribution in [0.3, 0.4) is 0 Å². The van der Waals surface area contributed by atoms with Crippen molar-refractivity contribution in [3.05, 3.63) is 47.2 Å². The fourth-order valence-corrected chi connectivity index (χ4v) is 3.65. The van der Waals surface area contributed by atoms with Crippen molar-refractivity contribution >= 4 is 40.7 Å². The molecule has 2 aromatic carbocycles. The Morgan fingerprint density at radius 1 is 1.16 bits per heavy atom. The Kier molecular flexibility index (Phi) is 5.66. The first kappa shape index (κ1) is 21.5. The summed E-state index contributed by atoms with van der Waals surface area (Å²) < 4.78 is 23.8. The third kappa shape index (κ3) is 3.71. The Labute approximate surface area is 186 Å². The topological polar surface area (TPSA) is 113 Å². The molecule has 2 atom stereocenters. The molecule has 1 saturated heterocycles. The van der Waals surface area contributed by atoms with E-state index >= 15 is 0 Å². The third-order valence-electron chi connectivity index (χ3n) is 5.01. The number of anilines is 2. The summed E-state index contributed by atoms with van der Waals surface area (Å²) in [5.74, 6) is -1.52. The zero-order chi connectivity index (χ0) is 23.0. The van der Waals surface area contributed by atoms with Gasteiger partial charge >= 0.3 is 0 Å². The number of hydrogen-bond donors (Lipinski definition) is 1. The van der Waals surface area contributed by atoms with Crippen molar-refractivity contribution in [2.24, 2.45) is 10.3 Å². The summed E-state index contributed by atoms with van der Waals surface area (Å²) in [4.78, 5) is 39.1. The van der Waals surface area contributed by atoms with Crippen LogP contribution in [0.25, 0.3) is 0 Å². The quantitative estimate of drug-likeness (QED) is 0.661. The minimum absolute atomic E-state index is 0.114. The number of carbonyl (C=O) groups excluding carboxylic acids is 3. The first-order valence-electron chi connectivity index (χ1n) is 9.36. The molecule has 12 heteroatoms. The second-order valence-corrected chi connectivity index (χ2v) is 7.32. The fraction of sp³-hybridized carbons (Fsp3) is 0.250. The molecular formula is C20H17ClFN5O5. The molecule has 0 radical (unpaired) electrons.